The van der Waals surface area contributed by atoms with Gasteiger partial charge in [0.1, 0.15) is 5.60 Å². The van der Waals surface area contributed by atoms with E-state index in [0.29, 0.717) is 32.0 Å². The smallest absolute Gasteiger partial charge is 0.410 e. The Hall–Kier alpha value is -1.26. The second-order valence-corrected chi connectivity index (χ2v) is 10.0. The maximum atomic E-state index is 12.1. The van der Waals surface area contributed by atoms with E-state index in [9.17, 15) is 9.59 Å². The molecule has 5 heteroatoms. The Morgan fingerprint density at radius 2 is 1.43 bits per heavy atom. The van der Waals surface area contributed by atoms with Crippen LogP contribution in [0.2, 0.25) is 0 Å². The van der Waals surface area contributed by atoms with Gasteiger partial charge in [0, 0.05) is 26.1 Å². The number of rotatable bonds is 15. The van der Waals surface area contributed by atoms with E-state index >= 15 is 0 Å². The molecule has 0 aromatic heterocycles. The maximum Gasteiger partial charge on any atom is 0.410 e. The molecule has 1 aliphatic heterocycles. The van der Waals surface area contributed by atoms with Crippen molar-refractivity contribution < 1.29 is 14.3 Å². The molecule has 0 saturated carbocycles. The first-order valence-electron chi connectivity index (χ1n) is 12.6. The molecule has 0 spiro atoms. The van der Waals surface area contributed by atoms with E-state index in [1.165, 1.54) is 64.2 Å². The molecule has 0 aliphatic carbocycles. The predicted octanol–water partition coefficient (Wildman–Crippen LogP) is 6.45. The van der Waals surface area contributed by atoms with E-state index in [4.69, 9.17) is 4.74 Å². The van der Waals surface area contributed by atoms with Crippen molar-refractivity contribution in [1.82, 2.24) is 10.2 Å². The number of hydrogen-bond acceptors (Lipinski definition) is 3. The third-order valence-corrected chi connectivity index (χ3v) is 5.78. The Morgan fingerprint density at radius 1 is 0.900 bits per heavy atom. The molecule has 2 amide bonds. The molecule has 1 fully saturated rings. The number of amides is 2. The van der Waals surface area contributed by atoms with Gasteiger partial charge in [-0.05, 0) is 39.5 Å². The number of carbonyl (C=O) groups is 2. The topological polar surface area (TPSA) is 58.6 Å². The minimum atomic E-state index is -0.461. The van der Waals surface area contributed by atoms with Crippen molar-refractivity contribution in [3.05, 3.63) is 0 Å². The quantitative estimate of drug-likeness (QED) is 0.307. The highest BCUT2D eigenvalue weighted by atomic mass is 16.6. The summed E-state index contributed by atoms with van der Waals surface area (Å²) in [6.45, 7) is 9.97. The zero-order valence-corrected chi connectivity index (χ0v) is 20.3. The molecule has 1 heterocycles. The Morgan fingerprint density at radius 3 is 1.97 bits per heavy atom. The molecule has 176 valence electrons. The van der Waals surface area contributed by atoms with Crippen molar-refractivity contribution >= 4 is 12.0 Å². The molecule has 0 aromatic rings. The highest BCUT2D eigenvalue weighted by Crippen LogP contribution is 2.19. The molecule has 0 radical (unpaired) electrons. The van der Waals surface area contributed by atoms with Crippen molar-refractivity contribution in [3.8, 4) is 0 Å². The second kappa shape index (κ2) is 15.5. The third-order valence-electron chi connectivity index (χ3n) is 5.78. The fraction of sp³-hybridized carbons (Fsp3) is 0.920. The highest BCUT2D eigenvalue weighted by molar-refractivity contribution is 5.75. The standard InChI is InChI=1S/C25H48N2O3/c1-5-6-7-8-9-10-11-12-13-14-15-16-17-23(28)26-20-22-18-19-27(21-22)24(29)30-25(2,3)4/h22H,5-21H2,1-4H3,(H,26,28)/t22-/m1/s1. The normalized spacial score (nSPS) is 16.7. The minimum absolute atomic E-state index is 0.151. The summed E-state index contributed by atoms with van der Waals surface area (Å²) in [5.41, 5.74) is -0.461. The Balaban J connectivity index is 1.94. The predicted molar refractivity (Wildman–Crippen MR) is 125 cm³/mol. The number of likely N-dealkylation sites (tertiary alicyclic amines) is 1. The molecule has 1 aliphatic rings. The first-order chi connectivity index (χ1) is 14.3. The molecule has 0 aromatic carbocycles. The summed E-state index contributed by atoms with van der Waals surface area (Å²) in [6.07, 6.45) is 17.0. The molecular weight excluding hydrogens is 376 g/mol. The van der Waals surface area contributed by atoms with Crippen LogP contribution < -0.4 is 5.32 Å². The van der Waals surface area contributed by atoms with E-state index in [2.05, 4.69) is 12.2 Å². The van der Waals surface area contributed by atoms with Gasteiger partial charge in [-0.3, -0.25) is 4.79 Å². The summed E-state index contributed by atoms with van der Waals surface area (Å²) in [5, 5.41) is 3.05. The molecule has 1 N–H and O–H groups in total. The van der Waals surface area contributed by atoms with Crippen LogP contribution in [0.25, 0.3) is 0 Å². The van der Waals surface area contributed by atoms with Crippen LogP contribution in [0, 0.1) is 5.92 Å². The Bertz CT molecular complexity index is 474. The number of ether oxygens (including phenoxy) is 1. The molecule has 30 heavy (non-hydrogen) atoms. The van der Waals surface area contributed by atoms with Gasteiger partial charge in [-0.25, -0.2) is 4.79 Å². The van der Waals surface area contributed by atoms with Gasteiger partial charge in [-0.1, -0.05) is 77.6 Å². The van der Waals surface area contributed by atoms with Crippen molar-refractivity contribution in [2.45, 2.75) is 123 Å². The van der Waals surface area contributed by atoms with Crippen molar-refractivity contribution in [2.75, 3.05) is 19.6 Å². The van der Waals surface area contributed by atoms with Gasteiger partial charge in [0.2, 0.25) is 5.91 Å². The van der Waals surface area contributed by atoms with Crippen molar-refractivity contribution in [1.29, 1.82) is 0 Å². The lowest BCUT2D eigenvalue weighted by atomic mass is 10.0. The summed E-state index contributed by atoms with van der Waals surface area (Å²) in [5.74, 6) is 0.487. The van der Waals surface area contributed by atoms with Crippen LogP contribution in [0.5, 0.6) is 0 Å². The maximum absolute atomic E-state index is 12.1. The number of nitrogens with one attached hydrogen (secondary N) is 1. The van der Waals surface area contributed by atoms with E-state index < -0.39 is 5.60 Å². The number of carbonyl (C=O) groups excluding carboxylic acids is 2. The average molecular weight is 425 g/mol. The van der Waals surface area contributed by atoms with Gasteiger partial charge >= 0.3 is 6.09 Å². The Kier molecular flexibility index (Phi) is 13.9. The molecule has 1 atom stereocenters. The van der Waals surface area contributed by atoms with Gasteiger partial charge in [0.05, 0.1) is 0 Å². The van der Waals surface area contributed by atoms with Gasteiger partial charge in [0.15, 0.2) is 0 Å². The van der Waals surface area contributed by atoms with E-state index in [0.717, 1.165) is 19.3 Å². The van der Waals surface area contributed by atoms with Crippen LogP contribution in [0.4, 0.5) is 4.79 Å². The van der Waals surface area contributed by atoms with Gasteiger partial charge in [0.25, 0.3) is 0 Å². The third kappa shape index (κ3) is 13.9. The fourth-order valence-electron chi connectivity index (χ4n) is 3.96. The van der Waals surface area contributed by atoms with Crippen molar-refractivity contribution in [2.24, 2.45) is 5.92 Å². The van der Waals surface area contributed by atoms with Crippen LogP contribution in [0.3, 0.4) is 0 Å². The molecular formula is C25H48N2O3. The lowest BCUT2D eigenvalue weighted by Crippen LogP contribution is -2.36. The Labute approximate surface area is 185 Å². The lowest BCUT2D eigenvalue weighted by molar-refractivity contribution is -0.121. The first kappa shape index (κ1) is 26.8. The summed E-state index contributed by atoms with van der Waals surface area (Å²) in [6, 6.07) is 0. The fourth-order valence-corrected chi connectivity index (χ4v) is 3.96. The highest BCUT2D eigenvalue weighted by Gasteiger charge is 2.29. The van der Waals surface area contributed by atoms with Gasteiger partial charge in [-0.2, -0.15) is 0 Å². The first-order valence-corrected chi connectivity index (χ1v) is 12.6. The van der Waals surface area contributed by atoms with Crippen LogP contribution in [-0.2, 0) is 9.53 Å². The van der Waals surface area contributed by atoms with Gasteiger partial charge in [-0.15, -0.1) is 0 Å². The monoisotopic (exact) mass is 424 g/mol. The summed E-state index contributed by atoms with van der Waals surface area (Å²) in [4.78, 5) is 25.9. The molecule has 0 unspecified atom stereocenters. The zero-order chi connectivity index (χ0) is 22.2. The largest absolute Gasteiger partial charge is 0.444 e. The van der Waals surface area contributed by atoms with Gasteiger partial charge < -0.3 is 15.0 Å². The van der Waals surface area contributed by atoms with E-state index in [1.54, 1.807) is 4.90 Å². The number of unbranched alkanes of at least 4 members (excludes halogenated alkanes) is 11. The van der Waals surface area contributed by atoms with Crippen LogP contribution >= 0.6 is 0 Å². The summed E-state index contributed by atoms with van der Waals surface area (Å²) >= 11 is 0. The van der Waals surface area contributed by atoms with Crippen molar-refractivity contribution in [3.63, 3.8) is 0 Å². The van der Waals surface area contributed by atoms with Crippen LogP contribution in [0.15, 0.2) is 0 Å². The van der Waals surface area contributed by atoms with Crippen LogP contribution in [-0.4, -0.2) is 42.1 Å². The zero-order valence-electron chi connectivity index (χ0n) is 20.3. The SMILES string of the molecule is CCCCCCCCCCCCCCC(=O)NC[C@H]1CCN(C(=O)OC(C)(C)C)C1. The second-order valence-electron chi connectivity index (χ2n) is 10.0. The molecule has 1 saturated heterocycles. The molecule has 1 rings (SSSR count). The van der Waals surface area contributed by atoms with Crippen LogP contribution in [0.1, 0.15) is 118 Å². The minimum Gasteiger partial charge on any atom is -0.444 e. The molecule has 5 nitrogen and oxygen atoms in total. The number of hydrogen-bond donors (Lipinski definition) is 1. The lowest BCUT2D eigenvalue weighted by Gasteiger charge is -2.24. The van der Waals surface area contributed by atoms with E-state index in [1.807, 2.05) is 20.8 Å². The van der Waals surface area contributed by atoms with E-state index in [-0.39, 0.29) is 12.0 Å². The summed E-state index contributed by atoms with van der Waals surface area (Å²) in [7, 11) is 0. The molecule has 0 bridgehead atoms. The summed E-state index contributed by atoms with van der Waals surface area (Å²) < 4.78 is 5.42. The number of nitrogens with zero attached hydrogens (tertiary/aromatic N) is 1. The average Bonchev–Trinajstić information content (AvgIpc) is 3.15.